The Hall–Kier alpha value is -2.34. The van der Waals surface area contributed by atoms with Crippen molar-refractivity contribution in [3.63, 3.8) is 0 Å². The SMILES string of the molecule is CC1(C)CC(c2ccccc2)Nc2c(C(=O)N3CCOCC3)cnn21. The maximum atomic E-state index is 13.0. The summed E-state index contributed by atoms with van der Waals surface area (Å²) in [5, 5.41) is 8.09. The van der Waals surface area contributed by atoms with E-state index in [4.69, 9.17) is 4.74 Å². The molecule has 3 heterocycles. The molecule has 1 unspecified atom stereocenters. The van der Waals surface area contributed by atoms with Crippen molar-refractivity contribution in [2.45, 2.75) is 31.8 Å². The molecule has 4 rings (SSSR count). The van der Waals surface area contributed by atoms with E-state index < -0.39 is 0 Å². The first-order valence-electron chi connectivity index (χ1n) is 8.83. The van der Waals surface area contributed by atoms with Crippen LogP contribution in [-0.2, 0) is 10.3 Å². The van der Waals surface area contributed by atoms with Crippen LogP contribution in [0.4, 0.5) is 5.82 Å². The van der Waals surface area contributed by atoms with E-state index in [1.54, 1.807) is 6.20 Å². The fraction of sp³-hybridized carbons (Fsp3) is 0.474. The number of nitrogens with one attached hydrogen (secondary N) is 1. The van der Waals surface area contributed by atoms with E-state index in [1.807, 2.05) is 15.6 Å². The Morgan fingerprint density at radius 2 is 1.96 bits per heavy atom. The van der Waals surface area contributed by atoms with Crippen molar-refractivity contribution in [1.82, 2.24) is 14.7 Å². The van der Waals surface area contributed by atoms with Crippen molar-refractivity contribution in [3.8, 4) is 0 Å². The lowest BCUT2D eigenvalue weighted by atomic mass is 9.89. The van der Waals surface area contributed by atoms with Crippen LogP contribution in [0.1, 0.15) is 42.2 Å². The smallest absolute Gasteiger partial charge is 0.259 e. The van der Waals surface area contributed by atoms with Crippen molar-refractivity contribution in [2.75, 3.05) is 31.6 Å². The molecule has 0 bridgehead atoms. The molecule has 1 saturated heterocycles. The molecule has 1 aromatic heterocycles. The van der Waals surface area contributed by atoms with Crippen LogP contribution in [0.25, 0.3) is 0 Å². The van der Waals surface area contributed by atoms with E-state index >= 15 is 0 Å². The van der Waals surface area contributed by atoms with Gasteiger partial charge in [0.05, 0.1) is 31.0 Å². The van der Waals surface area contributed by atoms with Gasteiger partial charge in [-0.2, -0.15) is 5.10 Å². The van der Waals surface area contributed by atoms with Gasteiger partial charge in [-0.3, -0.25) is 4.79 Å². The predicted molar refractivity (Wildman–Crippen MR) is 95.7 cm³/mol. The molecule has 0 aliphatic carbocycles. The number of fused-ring (bicyclic) bond motifs is 1. The molecule has 0 saturated carbocycles. The fourth-order valence-corrected chi connectivity index (χ4v) is 3.73. The summed E-state index contributed by atoms with van der Waals surface area (Å²) in [5.41, 5.74) is 1.72. The second kappa shape index (κ2) is 6.19. The molecule has 1 amide bonds. The van der Waals surface area contributed by atoms with E-state index in [2.05, 4.69) is 48.5 Å². The minimum Gasteiger partial charge on any atom is -0.378 e. The quantitative estimate of drug-likeness (QED) is 0.913. The van der Waals surface area contributed by atoms with Gasteiger partial charge in [0.2, 0.25) is 0 Å². The molecule has 1 atom stereocenters. The number of carbonyl (C=O) groups is 1. The minimum absolute atomic E-state index is 0.0292. The zero-order chi connectivity index (χ0) is 17.4. The van der Waals surface area contributed by atoms with Gasteiger partial charge >= 0.3 is 0 Å². The summed E-state index contributed by atoms with van der Waals surface area (Å²) >= 11 is 0. The van der Waals surface area contributed by atoms with Crippen LogP contribution < -0.4 is 5.32 Å². The largest absolute Gasteiger partial charge is 0.378 e. The van der Waals surface area contributed by atoms with E-state index in [1.165, 1.54) is 5.56 Å². The number of ether oxygens (including phenoxy) is 1. The molecule has 132 valence electrons. The summed E-state index contributed by atoms with van der Waals surface area (Å²) in [6.45, 7) is 6.80. The maximum Gasteiger partial charge on any atom is 0.259 e. The third-order valence-corrected chi connectivity index (χ3v) is 5.09. The van der Waals surface area contributed by atoms with Crippen LogP contribution in [0.3, 0.4) is 0 Å². The Morgan fingerprint density at radius 1 is 1.24 bits per heavy atom. The number of carbonyl (C=O) groups excluding carboxylic acids is 1. The highest BCUT2D eigenvalue weighted by atomic mass is 16.5. The van der Waals surface area contributed by atoms with Gasteiger partial charge in [0, 0.05) is 13.1 Å². The Morgan fingerprint density at radius 3 is 2.68 bits per heavy atom. The van der Waals surface area contributed by atoms with Crippen LogP contribution >= 0.6 is 0 Å². The molecule has 0 spiro atoms. The highest BCUT2D eigenvalue weighted by Crippen LogP contribution is 2.40. The molecule has 2 aliphatic heterocycles. The Bertz CT molecular complexity index is 763. The number of aromatic nitrogens is 2. The molecule has 1 N–H and O–H groups in total. The number of benzene rings is 1. The van der Waals surface area contributed by atoms with E-state index in [-0.39, 0.29) is 17.5 Å². The second-order valence-electron chi connectivity index (χ2n) is 7.35. The van der Waals surface area contributed by atoms with Crippen molar-refractivity contribution in [3.05, 3.63) is 47.7 Å². The number of morpholine rings is 1. The third-order valence-electron chi connectivity index (χ3n) is 5.09. The number of rotatable bonds is 2. The first-order chi connectivity index (χ1) is 12.1. The first kappa shape index (κ1) is 16.1. The van der Waals surface area contributed by atoms with Gasteiger partial charge in [0.15, 0.2) is 0 Å². The summed E-state index contributed by atoms with van der Waals surface area (Å²) in [6, 6.07) is 10.5. The zero-order valence-electron chi connectivity index (χ0n) is 14.7. The summed E-state index contributed by atoms with van der Waals surface area (Å²) in [7, 11) is 0. The van der Waals surface area contributed by atoms with Crippen LogP contribution in [0, 0.1) is 0 Å². The van der Waals surface area contributed by atoms with E-state index in [9.17, 15) is 4.79 Å². The van der Waals surface area contributed by atoms with E-state index in [0.717, 1.165) is 12.2 Å². The van der Waals surface area contributed by atoms with Crippen LogP contribution in [-0.4, -0.2) is 46.9 Å². The molecule has 0 radical (unpaired) electrons. The van der Waals surface area contributed by atoms with Gasteiger partial charge < -0.3 is 15.0 Å². The highest BCUT2D eigenvalue weighted by molar-refractivity contribution is 5.99. The van der Waals surface area contributed by atoms with Gasteiger partial charge in [-0.25, -0.2) is 4.68 Å². The van der Waals surface area contributed by atoms with Gasteiger partial charge in [0.1, 0.15) is 11.4 Å². The van der Waals surface area contributed by atoms with Crippen LogP contribution in [0.15, 0.2) is 36.5 Å². The van der Waals surface area contributed by atoms with Crippen LogP contribution in [0.5, 0.6) is 0 Å². The molecular weight excluding hydrogens is 316 g/mol. The van der Waals surface area contributed by atoms with E-state index in [0.29, 0.717) is 31.9 Å². The standard InChI is InChI=1S/C19H24N4O2/c1-19(2)12-16(14-6-4-3-5-7-14)21-17-15(13-20-23(17)19)18(24)22-8-10-25-11-9-22/h3-7,13,16,21H,8-12H2,1-2H3. The third kappa shape index (κ3) is 2.91. The minimum atomic E-state index is -0.162. The molecule has 1 aromatic carbocycles. The molecule has 2 aliphatic rings. The van der Waals surface area contributed by atoms with Gasteiger partial charge in [-0.05, 0) is 25.8 Å². The second-order valence-corrected chi connectivity index (χ2v) is 7.35. The van der Waals surface area contributed by atoms with Gasteiger partial charge in [-0.1, -0.05) is 30.3 Å². The predicted octanol–water partition coefficient (Wildman–Crippen LogP) is 2.65. The average molecular weight is 340 g/mol. The van der Waals surface area contributed by atoms with Crippen molar-refractivity contribution in [1.29, 1.82) is 0 Å². The summed E-state index contributed by atoms with van der Waals surface area (Å²) in [6.07, 6.45) is 2.62. The molecular formula is C19H24N4O2. The Balaban J connectivity index is 1.68. The van der Waals surface area contributed by atoms with Crippen molar-refractivity contribution < 1.29 is 9.53 Å². The molecule has 6 nitrogen and oxygen atoms in total. The first-order valence-corrected chi connectivity index (χ1v) is 8.83. The lowest BCUT2D eigenvalue weighted by molar-refractivity contribution is 0.0303. The molecule has 1 fully saturated rings. The molecule has 2 aromatic rings. The number of amides is 1. The van der Waals surface area contributed by atoms with Crippen LogP contribution in [0.2, 0.25) is 0 Å². The summed E-state index contributed by atoms with van der Waals surface area (Å²) in [4.78, 5) is 14.8. The maximum absolute atomic E-state index is 13.0. The molecule has 25 heavy (non-hydrogen) atoms. The average Bonchev–Trinajstić information content (AvgIpc) is 3.07. The monoisotopic (exact) mass is 340 g/mol. The fourth-order valence-electron chi connectivity index (χ4n) is 3.73. The Kier molecular flexibility index (Phi) is 4.00. The van der Waals surface area contributed by atoms with Gasteiger partial charge in [0.25, 0.3) is 5.91 Å². The Labute approximate surface area is 147 Å². The highest BCUT2D eigenvalue weighted by Gasteiger charge is 2.37. The molecule has 6 heteroatoms. The number of anilines is 1. The number of hydrogen-bond acceptors (Lipinski definition) is 4. The lowest BCUT2D eigenvalue weighted by Gasteiger charge is -2.38. The summed E-state index contributed by atoms with van der Waals surface area (Å²) < 4.78 is 7.32. The number of nitrogens with zero attached hydrogens (tertiary/aromatic N) is 3. The van der Waals surface area contributed by atoms with Crippen molar-refractivity contribution >= 4 is 11.7 Å². The zero-order valence-corrected chi connectivity index (χ0v) is 14.7. The summed E-state index contributed by atoms with van der Waals surface area (Å²) in [5.74, 6) is 0.850. The van der Waals surface area contributed by atoms with Crippen molar-refractivity contribution in [2.24, 2.45) is 0 Å². The number of hydrogen-bond donors (Lipinski definition) is 1. The topological polar surface area (TPSA) is 59.4 Å². The normalized spacial score (nSPS) is 22.2. The lowest BCUT2D eigenvalue weighted by Crippen LogP contribution is -2.42. The van der Waals surface area contributed by atoms with Gasteiger partial charge in [-0.15, -0.1) is 0 Å².